The van der Waals surface area contributed by atoms with Gasteiger partial charge in [0.2, 0.25) is 0 Å². The summed E-state index contributed by atoms with van der Waals surface area (Å²) in [7, 11) is 0. The third kappa shape index (κ3) is 3.15. The van der Waals surface area contributed by atoms with E-state index < -0.39 is 0 Å². The number of carbonyl (C=O) groups excluding carboxylic acids is 1. The third-order valence-corrected chi connectivity index (χ3v) is 3.26. The first-order chi connectivity index (χ1) is 9.61. The smallest absolute Gasteiger partial charge is 0.161 e. The molecule has 0 saturated heterocycles. The van der Waals surface area contributed by atoms with Crippen molar-refractivity contribution in [2.45, 2.75) is 26.8 Å². The van der Waals surface area contributed by atoms with Crippen LogP contribution >= 0.6 is 0 Å². The van der Waals surface area contributed by atoms with Crippen LogP contribution < -0.4 is 11.1 Å². The van der Waals surface area contributed by atoms with Gasteiger partial charge in [-0.15, -0.1) is 0 Å². The highest BCUT2D eigenvalue weighted by Crippen LogP contribution is 2.19. The van der Waals surface area contributed by atoms with Gasteiger partial charge in [-0.25, -0.2) is 0 Å². The monoisotopic (exact) mass is 269 g/mol. The summed E-state index contributed by atoms with van der Waals surface area (Å²) in [6.45, 7) is 4.27. The highest BCUT2D eigenvalue weighted by atomic mass is 16.1. The van der Waals surface area contributed by atoms with Crippen LogP contribution in [0.4, 0.5) is 11.4 Å². The molecule has 1 heterocycles. The predicted octanol–water partition coefficient (Wildman–Crippen LogP) is 3.04. The molecule has 3 N–H and O–H groups in total. The van der Waals surface area contributed by atoms with Gasteiger partial charge in [-0.3, -0.25) is 9.78 Å². The van der Waals surface area contributed by atoms with E-state index in [2.05, 4.69) is 23.3 Å². The number of aromatic nitrogens is 1. The normalized spacial score (nSPS) is 10.3. The number of benzene rings is 1. The van der Waals surface area contributed by atoms with E-state index in [9.17, 15) is 4.79 Å². The molecule has 0 saturated carbocycles. The second-order valence-corrected chi connectivity index (χ2v) is 4.67. The summed E-state index contributed by atoms with van der Waals surface area (Å²) in [5, 5.41) is 3.29. The first-order valence-corrected chi connectivity index (χ1v) is 6.69. The number of aryl methyl sites for hydroxylation is 1. The molecular weight excluding hydrogens is 250 g/mol. The third-order valence-electron chi connectivity index (χ3n) is 3.26. The number of nitrogen functional groups attached to an aromatic ring is 1. The molecule has 2 rings (SSSR count). The van der Waals surface area contributed by atoms with E-state index in [-0.39, 0.29) is 5.78 Å². The molecule has 1 aromatic heterocycles. The Bertz CT molecular complexity index is 623. The SMILES string of the molecule is CCc1cccnc1CNc1ccc(C(C)=O)c(N)c1. The van der Waals surface area contributed by atoms with E-state index in [1.807, 2.05) is 12.1 Å². The Morgan fingerprint density at radius 2 is 2.15 bits per heavy atom. The summed E-state index contributed by atoms with van der Waals surface area (Å²) in [5.41, 5.74) is 10.1. The topological polar surface area (TPSA) is 68.0 Å². The molecule has 0 radical (unpaired) electrons. The van der Waals surface area contributed by atoms with Gasteiger partial charge in [-0.2, -0.15) is 0 Å². The Morgan fingerprint density at radius 1 is 1.35 bits per heavy atom. The number of nitrogens with two attached hydrogens (primary N) is 1. The van der Waals surface area contributed by atoms with E-state index in [4.69, 9.17) is 5.73 Å². The van der Waals surface area contributed by atoms with Crippen molar-refractivity contribution in [3.8, 4) is 0 Å². The minimum atomic E-state index is -0.0213. The van der Waals surface area contributed by atoms with Gasteiger partial charge >= 0.3 is 0 Å². The van der Waals surface area contributed by atoms with Crippen molar-refractivity contribution in [3.63, 3.8) is 0 Å². The van der Waals surface area contributed by atoms with Gasteiger partial charge in [0.25, 0.3) is 0 Å². The first kappa shape index (κ1) is 14.1. The molecule has 0 fully saturated rings. The van der Waals surface area contributed by atoms with Crippen molar-refractivity contribution < 1.29 is 4.79 Å². The van der Waals surface area contributed by atoms with Crippen LogP contribution in [0.25, 0.3) is 0 Å². The summed E-state index contributed by atoms with van der Waals surface area (Å²) in [6, 6.07) is 9.42. The van der Waals surface area contributed by atoms with Gasteiger partial charge in [0.1, 0.15) is 0 Å². The fourth-order valence-electron chi connectivity index (χ4n) is 2.13. The van der Waals surface area contributed by atoms with E-state index in [1.165, 1.54) is 12.5 Å². The summed E-state index contributed by atoms with van der Waals surface area (Å²) >= 11 is 0. The molecule has 2 aromatic rings. The zero-order valence-corrected chi connectivity index (χ0v) is 11.8. The molecule has 0 unspecified atom stereocenters. The Morgan fingerprint density at radius 3 is 2.80 bits per heavy atom. The zero-order valence-electron chi connectivity index (χ0n) is 11.8. The number of ketones is 1. The second-order valence-electron chi connectivity index (χ2n) is 4.67. The van der Waals surface area contributed by atoms with Gasteiger partial charge in [0, 0.05) is 23.1 Å². The maximum absolute atomic E-state index is 11.3. The Labute approximate surface area is 119 Å². The van der Waals surface area contributed by atoms with Gasteiger partial charge in [0.15, 0.2) is 5.78 Å². The largest absolute Gasteiger partial charge is 0.398 e. The van der Waals surface area contributed by atoms with Crippen molar-refractivity contribution in [3.05, 3.63) is 53.3 Å². The summed E-state index contributed by atoms with van der Waals surface area (Å²) in [6.07, 6.45) is 2.75. The van der Waals surface area contributed by atoms with Crippen molar-refractivity contribution >= 4 is 17.2 Å². The van der Waals surface area contributed by atoms with Crippen LogP contribution in [0.3, 0.4) is 0 Å². The fourth-order valence-corrected chi connectivity index (χ4v) is 2.13. The van der Waals surface area contributed by atoms with E-state index in [0.29, 0.717) is 17.8 Å². The minimum absolute atomic E-state index is 0.0213. The van der Waals surface area contributed by atoms with E-state index in [0.717, 1.165) is 17.8 Å². The van der Waals surface area contributed by atoms with Gasteiger partial charge < -0.3 is 11.1 Å². The van der Waals surface area contributed by atoms with Crippen molar-refractivity contribution in [1.82, 2.24) is 4.98 Å². The number of nitrogens with one attached hydrogen (secondary N) is 1. The standard InChI is InChI=1S/C16H19N3O/c1-3-12-5-4-8-18-16(12)10-19-13-6-7-14(11(2)20)15(17)9-13/h4-9,19H,3,10,17H2,1-2H3. The average molecular weight is 269 g/mol. The molecule has 1 aromatic carbocycles. The highest BCUT2D eigenvalue weighted by Gasteiger charge is 2.06. The molecule has 0 amide bonds. The van der Waals surface area contributed by atoms with E-state index in [1.54, 1.807) is 18.3 Å². The Hall–Kier alpha value is -2.36. The molecule has 4 heteroatoms. The Balaban J connectivity index is 2.11. The molecule has 0 aliphatic heterocycles. The van der Waals surface area contributed by atoms with Gasteiger partial charge in [-0.05, 0) is 43.2 Å². The number of Topliss-reactive ketones (excluding diaryl/α,β-unsaturated/α-hetero) is 1. The van der Waals surface area contributed by atoms with Crippen LogP contribution in [0.2, 0.25) is 0 Å². The molecule has 0 aliphatic rings. The Kier molecular flexibility index (Phi) is 4.35. The molecular formula is C16H19N3O. The maximum Gasteiger partial charge on any atom is 0.161 e. The molecule has 0 bridgehead atoms. The number of pyridine rings is 1. The lowest BCUT2D eigenvalue weighted by Gasteiger charge is -2.11. The molecule has 0 spiro atoms. The maximum atomic E-state index is 11.3. The lowest BCUT2D eigenvalue weighted by atomic mass is 10.1. The van der Waals surface area contributed by atoms with Gasteiger partial charge in [-0.1, -0.05) is 13.0 Å². The van der Waals surface area contributed by atoms with Crippen molar-refractivity contribution in [2.24, 2.45) is 0 Å². The second kappa shape index (κ2) is 6.19. The average Bonchev–Trinajstić information content (AvgIpc) is 2.45. The number of hydrogen-bond donors (Lipinski definition) is 2. The molecule has 0 atom stereocenters. The van der Waals surface area contributed by atoms with Crippen molar-refractivity contribution in [1.29, 1.82) is 0 Å². The molecule has 0 aliphatic carbocycles. The lowest BCUT2D eigenvalue weighted by Crippen LogP contribution is -2.06. The number of anilines is 2. The van der Waals surface area contributed by atoms with Crippen LogP contribution in [0.1, 0.15) is 35.5 Å². The van der Waals surface area contributed by atoms with Crippen LogP contribution in [-0.2, 0) is 13.0 Å². The number of nitrogens with zero attached hydrogens (tertiary/aromatic N) is 1. The fraction of sp³-hybridized carbons (Fsp3) is 0.250. The number of rotatable bonds is 5. The van der Waals surface area contributed by atoms with Crippen LogP contribution in [0.5, 0.6) is 0 Å². The first-order valence-electron chi connectivity index (χ1n) is 6.69. The molecule has 104 valence electrons. The minimum Gasteiger partial charge on any atom is -0.398 e. The number of carbonyl (C=O) groups is 1. The summed E-state index contributed by atoms with van der Waals surface area (Å²) in [5.74, 6) is -0.0213. The molecule has 20 heavy (non-hydrogen) atoms. The number of hydrogen-bond acceptors (Lipinski definition) is 4. The van der Waals surface area contributed by atoms with E-state index >= 15 is 0 Å². The predicted molar refractivity (Wildman–Crippen MR) is 81.8 cm³/mol. The van der Waals surface area contributed by atoms with Crippen LogP contribution in [-0.4, -0.2) is 10.8 Å². The van der Waals surface area contributed by atoms with Crippen LogP contribution in [0.15, 0.2) is 36.5 Å². The summed E-state index contributed by atoms with van der Waals surface area (Å²) in [4.78, 5) is 15.7. The highest BCUT2D eigenvalue weighted by molar-refractivity contribution is 5.99. The van der Waals surface area contributed by atoms with Crippen molar-refractivity contribution in [2.75, 3.05) is 11.1 Å². The zero-order chi connectivity index (χ0) is 14.5. The van der Waals surface area contributed by atoms with Gasteiger partial charge in [0.05, 0.1) is 12.2 Å². The quantitative estimate of drug-likeness (QED) is 0.646. The summed E-state index contributed by atoms with van der Waals surface area (Å²) < 4.78 is 0. The lowest BCUT2D eigenvalue weighted by molar-refractivity contribution is 0.101. The molecule has 4 nitrogen and oxygen atoms in total. The van der Waals surface area contributed by atoms with Crippen LogP contribution in [0, 0.1) is 0 Å².